The minimum Gasteiger partial charge on any atom is -0.369 e. The second-order valence-corrected chi connectivity index (χ2v) is 7.85. The van der Waals surface area contributed by atoms with Crippen LogP contribution in [0.1, 0.15) is 42.5 Å². The predicted octanol–water partition coefficient (Wildman–Crippen LogP) is 1.97. The molecule has 2 rings (SSSR count). The van der Waals surface area contributed by atoms with Crippen LogP contribution >= 0.6 is 35.3 Å². The summed E-state index contributed by atoms with van der Waals surface area (Å²) in [5.41, 5.74) is 5.38. The maximum absolute atomic E-state index is 11.2. The molecule has 9 heteroatoms. The number of aryl methyl sites for hydroxylation is 1. The van der Waals surface area contributed by atoms with Crippen molar-refractivity contribution in [3.05, 3.63) is 16.1 Å². The number of rotatable bonds is 9. The Morgan fingerprint density at radius 2 is 2.11 bits per heavy atom. The molecule has 1 saturated heterocycles. The molecule has 0 bridgehead atoms. The number of nitrogens with one attached hydrogen (secondary N) is 2. The molecule has 7 nitrogen and oxygen atoms in total. The van der Waals surface area contributed by atoms with Gasteiger partial charge in [0.2, 0.25) is 5.91 Å². The molecule has 0 unspecified atom stereocenters. The fourth-order valence-electron chi connectivity index (χ4n) is 3.08. The number of carbonyl (C=O) groups is 1. The molecule has 4 N–H and O–H groups in total. The summed E-state index contributed by atoms with van der Waals surface area (Å²) < 4.78 is 0. The average molecular weight is 508 g/mol. The highest BCUT2D eigenvalue weighted by Crippen LogP contribution is 2.16. The fourth-order valence-corrected chi connectivity index (χ4v) is 3.88. The van der Waals surface area contributed by atoms with Crippen LogP contribution in [0.2, 0.25) is 0 Å². The molecule has 0 radical (unpaired) electrons. The van der Waals surface area contributed by atoms with E-state index < -0.39 is 0 Å². The van der Waals surface area contributed by atoms with Crippen LogP contribution in [0, 0.1) is 5.92 Å². The molecule has 0 spiro atoms. The summed E-state index contributed by atoms with van der Waals surface area (Å²) in [5.74, 6) is 0.755. The number of likely N-dealkylation sites (tertiary alicyclic amines) is 1. The number of halogens is 1. The molecular weight excluding hydrogens is 475 g/mol. The van der Waals surface area contributed by atoms with Crippen LogP contribution in [0.4, 0.5) is 0 Å². The number of nitrogens with zero attached hydrogens (tertiary/aromatic N) is 3. The first-order valence-corrected chi connectivity index (χ1v) is 10.3. The van der Waals surface area contributed by atoms with Crippen LogP contribution < -0.4 is 16.4 Å². The molecular formula is C18H33IN6OS. The zero-order valence-electron chi connectivity index (χ0n) is 16.4. The molecule has 27 heavy (non-hydrogen) atoms. The van der Waals surface area contributed by atoms with Crippen LogP contribution in [0.3, 0.4) is 0 Å². The Hall–Kier alpha value is -0.940. The molecule has 0 saturated carbocycles. The van der Waals surface area contributed by atoms with Crippen molar-refractivity contribution in [2.75, 3.05) is 33.2 Å². The number of primary amides is 1. The number of amides is 1. The van der Waals surface area contributed by atoms with E-state index in [1.54, 1.807) is 18.4 Å². The summed E-state index contributed by atoms with van der Waals surface area (Å²) in [7, 11) is 1.79. The first-order chi connectivity index (χ1) is 12.6. The number of carbonyl (C=O) groups excluding carboxylic acids is 1. The number of hydrogen-bond donors (Lipinski definition) is 3. The first kappa shape index (κ1) is 24.1. The Labute approximate surface area is 183 Å². The SMILES string of the molecule is CCc1cnc(CNC(=NC)NCCCCN2CCC(C(N)=O)CC2)s1.I. The summed E-state index contributed by atoms with van der Waals surface area (Å²) in [5, 5.41) is 7.75. The van der Waals surface area contributed by atoms with Gasteiger partial charge in [-0.15, -0.1) is 35.3 Å². The lowest BCUT2D eigenvalue weighted by molar-refractivity contribution is -0.123. The highest BCUT2D eigenvalue weighted by Gasteiger charge is 2.22. The van der Waals surface area contributed by atoms with E-state index in [1.165, 1.54) is 4.88 Å². The van der Waals surface area contributed by atoms with Gasteiger partial charge in [0.05, 0.1) is 6.54 Å². The molecule has 154 valence electrons. The van der Waals surface area contributed by atoms with E-state index in [1.807, 2.05) is 6.20 Å². The summed E-state index contributed by atoms with van der Waals surface area (Å²) in [6.07, 6.45) is 7.02. The molecule has 1 amide bonds. The first-order valence-electron chi connectivity index (χ1n) is 9.52. The predicted molar refractivity (Wildman–Crippen MR) is 123 cm³/mol. The van der Waals surface area contributed by atoms with Gasteiger partial charge in [0, 0.05) is 30.6 Å². The van der Waals surface area contributed by atoms with E-state index in [0.717, 1.165) is 69.3 Å². The Morgan fingerprint density at radius 1 is 1.37 bits per heavy atom. The van der Waals surface area contributed by atoms with Gasteiger partial charge in [-0.25, -0.2) is 4.98 Å². The molecule has 0 atom stereocenters. The number of piperidine rings is 1. The monoisotopic (exact) mass is 508 g/mol. The fraction of sp³-hybridized carbons (Fsp3) is 0.722. The molecule has 1 fully saturated rings. The van der Waals surface area contributed by atoms with Crippen LogP contribution in [0.25, 0.3) is 0 Å². The van der Waals surface area contributed by atoms with Gasteiger partial charge in [-0.2, -0.15) is 0 Å². The minimum absolute atomic E-state index is 0. The van der Waals surface area contributed by atoms with E-state index in [9.17, 15) is 4.79 Å². The smallest absolute Gasteiger partial charge is 0.220 e. The molecule has 1 aromatic heterocycles. The van der Waals surface area contributed by atoms with Crippen molar-refractivity contribution in [3.8, 4) is 0 Å². The van der Waals surface area contributed by atoms with Gasteiger partial charge in [0.15, 0.2) is 5.96 Å². The number of unbranched alkanes of at least 4 members (excludes halogenated alkanes) is 1. The van der Waals surface area contributed by atoms with Crippen LogP contribution in [0.5, 0.6) is 0 Å². The number of thiazole rings is 1. The van der Waals surface area contributed by atoms with Gasteiger partial charge in [-0.1, -0.05) is 6.92 Å². The number of aliphatic imine (C=N–C) groups is 1. The van der Waals surface area contributed by atoms with Crippen molar-refractivity contribution in [1.29, 1.82) is 0 Å². The summed E-state index contributed by atoms with van der Waals surface area (Å²) in [6, 6.07) is 0. The van der Waals surface area contributed by atoms with Crippen LogP contribution in [-0.4, -0.2) is 55.0 Å². The normalized spacial score (nSPS) is 16.0. The zero-order valence-corrected chi connectivity index (χ0v) is 19.5. The highest BCUT2D eigenvalue weighted by molar-refractivity contribution is 14.0. The second kappa shape index (κ2) is 13.3. The lowest BCUT2D eigenvalue weighted by Crippen LogP contribution is -2.39. The minimum atomic E-state index is -0.142. The van der Waals surface area contributed by atoms with Gasteiger partial charge in [0.1, 0.15) is 5.01 Å². The molecule has 1 aliphatic rings. The van der Waals surface area contributed by atoms with Crippen molar-refractivity contribution in [2.45, 2.75) is 45.6 Å². The van der Waals surface area contributed by atoms with Crippen LogP contribution in [0.15, 0.2) is 11.2 Å². The van der Waals surface area contributed by atoms with Gasteiger partial charge < -0.3 is 21.3 Å². The number of nitrogens with two attached hydrogens (primary N) is 1. The Morgan fingerprint density at radius 3 is 2.70 bits per heavy atom. The average Bonchev–Trinajstić information content (AvgIpc) is 3.12. The van der Waals surface area contributed by atoms with E-state index in [2.05, 4.69) is 32.4 Å². The van der Waals surface area contributed by atoms with E-state index in [-0.39, 0.29) is 35.8 Å². The number of guanidine groups is 1. The van der Waals surface area contributed by atoms with Crippen molar-refractivity contribution >= 4 is 47.2 Å². The van der Waals surface area contributed by atoms with Crippen molar-refractivity contribution in [3.63, 3.8) is 0 Å². The summed E-state index contributed by atoms with van der Waals surface area (Å²) in [4.78, 5) is 23.6. The second-order valence-electron chi connectivity index (χ2n) is 6.65. The third-order valence-corrected chi connectivity index (χ3v) is 5.91. The van der Waals surface area contributed by atoms with Gasteiger partial charge >= 0.3 is 0 Å². The lowest BCUT2D eigenvalue weighted by Gasteiger charge is -2.30. The van der Waals surface area contributed by atoms with Crippen molar-refractivity contribution in [2.24, 2.45) is 16.6 Å². The van der Waals surface area contributed by atoms with Gasteiger partial charge in [-0.05, 0) is 51.7 Å². The van der Waals surface area contributed by atoms with E-state index in [4.69, 9.17) is 5.73 Å². The third-order valence-electron chi connectivity index (χ3n) is 4.76. The maximum Gasteiger partial charge on any atom is 0.220 e. The molecule has 2 heterocycles. The lowest BCUT2D eigenvalue weighted by atomic mass is 9.96. The standard InChI is InChI=1S/C18H32N6OS.HI/c1-3-15-12-22-16(26-15)13-23-18(20-2)21-8-4-5-9-24-10-6-14(7-11-24)17(19)25;/h12,14H,3-11,13H2,1-2H3,(H2,19,25)(H2,20,21,23);1H. The largest absolute Gasteiger partial charge is 0.369 e. The van der Waals surface area contributed by atoms with E-state index >= 15 is 0 Å². The molecule has 1 aromatic rings. The quantitative estimate of drug-likeness (QED) is 0.205. The highest BCUT2D eigenvalue weighted by atomic mass is 127. The van der Waals surface area contributed by atoms with Crippen molar-refractivity contribution < 1.29 is 4.79 Å². The third kappa shape index (κ3) is 8.73. The zero-order chi connectivity index (χ0) is 18.8. The van der Waals surface area contributed by atoms with Crippen LogP contribution in [-0.2, 0) is 17.8 Å². The maximum atomic E-state index is 11.2. The summed E-state index contributed by atoms with van der Waals surface area (Å²) >= 11 is 1.74. The molecule has 0 aliphatic carbocycles. The van der Waals surface area contributed by atoms with Gasteiger partial charge in [-0.3, -0.25) is 9.79 Å². The Bertz CT molecular complexity index is 586. The van der Waals surface area contributed by atoms with Crippen molar-refractivity contribution in [1.82, 2.24) is 20.5 Å². The number of hydrogen-bond acceptors (Lipinski definition) is 5. The summed E-state index contributed by atoms with van der Waals surface area (Å²) in [6.45, 7) is 6.80. The topological polar surface area (TPSA) is 95.6 Å². The molecule has 1 aliphatic heterocycles. The molecule has 0 aromatic carbocycles. The Kier molecular flexibility index (Phi) is 11.8. The Balaban J connectivity index is 0.00000364. The number of aromatic nitrogens is 1. The van der Waals surface area contributed by atoms with Gasteiger partial charge in [0.25, 0.3) is 0 Å². The van der Waals surface area contributed by atoms with E-state index in [0.29, 0.717) is 6.54 Å².